The average Bonchev–Trinajstić information content (AvgIpc) is 3.28. The van der Waals surface area contributed by atoms with Crippen molar-refractivity contribution in [2.75, 3.05) is 13.1 Å². The molecule has 1 aromatic heterocycles. The first-order valence-corrected chi connectivity index (χ1v) is 10.8. The Labute approximate surface area is 182 Å². The van der Waals surface area contributed by atoms with E-state index >= 15 is 0 Å². The molecular weight excluding hydrogens is 392 g/mol. The predicted molar refractivity (Wildman–Crippen MR) is 117 cm³/mol. The SMILES string of the molecule is O=C(CCc1nc(-c2ccccc2)no1)NCc1ccc(CN2CCC(O)CC2)cc1. The molecule has 2 N–H and O–H groups in total. The number of nitrogens with zero attached hydrogens (tertiary/aromatic N) is 3. The van der Waals surface area contributed by atoms with Gasteiger partial charge in [0, 0.05) is 44.6 Å². The molecule has 7 nitrogen and oxygen atoms in total. The summed E-state index contributed by atoms with van der Waals surface area (Å²) in [6.07, 6.45) is 2.26. The zero-order valence-corrected chi connectivity index (χ0v) is 17.5. The zero-order chi connectivity index (χ0) is 21.5. The van der Waals surface area contributed by atoms with E-state index in [0.717, 1.165) is 43.6 Å². The van der Waals surface area contributed by atoms with Gasteiger partial charge < -0.3 is 14.9 Å². The number of rotatable bonds is 8. The van der Waals surface area contributed by atoms with Crippen molar-refractivity contribution in [3.8, 4) is 11.4 Å². The van der Waals surface area contributed by atoms with E-state index in [-0.39, 0.29) is 12.0 Å². The number of hydrogen-bond acceptors (Lipinski definition) is 6. The molecule has 1 amide bonds. The van der Waals surface area contributed by atoms with Gasteiger partial charge in [-0.15, -0.1) is 0 Å². The summed E-state index contributed by atoms with van der Waals surface area (Å²) in [5.74, 6) is 0.954. The third-order valence-electron chi connectivity index (χ3n) is 5.54. The second-order valence-electron chi connectivity index (χ2n) is 7.98. The Morgan fingerprint density at radius 3 is 2.52 bits per heavy atom. The zero-order valence-electron chi connectivity index (χ0n) is 17.5. The Hall–Kier alpha value is -3.03. The highest BCUT2D eigenvalue weighted by molar-refractivity contribution is 5.76. The van der Waals surface area contributed by atoms with Crippen molar-refractivity contribution >= 4 is 5.91 Å². The molecule has 162 valence electrons. The van der Waals surface area contributed by atoms with Crippen LogP contribution in [0.1, 0.15) is 36.3 Å². The number of nitrogens with one attached hydrogen (secondary N) is 1. The van der Waals surface area contributed by atoms with E-state index in [1.165, 1.54) is 5.56 Å². The number of aryl methyl sites for hydroxylation is 1. The number of benzene rings is 2. The standard InChI is InChI=1S/C24H28N4O3/c29-21-12-14-28(15-13-21)17-19-8-6-18(7-9-19)16-25-22(30)10-11-23-26-24(27-31-23)20-4-2-1-3-5-20/h1-9,21,29H,10-17H2,(H,25,30). The maximum atomic E-state index is 12.2. The minimum atomic E-state index is -0.145. The fourth-order valence-electron chi connectivity index (χ4n) is 3.67. The van der Waals surface area contributed by atoms with Crippen molar-refractivity contribution in [2.24, 2.45) is 0 Å². The summed E-state index contributed by atoms with van der Waals surface area (Å²) >= 11 is 0. The molecule has 0 spiro atoms. The first kappa shape index (κ1) is 21.2. The maximum absolute atomic E-state index is 12.2. The molecule has 1 fully saturated rings. The monoisotopic (exact) mass is 420 g/mol. The van der Waals surface area contributed by atoms with Gasteiger partial charge in [-0.1, -0.05) is 59.8 Å². The summed E-state index contributed by atoms with van der Waals surface area (Å²) in [7, 11) is 0. The number of carbonyl (C=O) groups is 1. The molecule has 0 saturated carbocycles. The van der Waals surface area contributed by atoms with E-state index in [4.69, 9.17) is 4.52 Å². The number of aliphatic hydroxyl groups is 1. The van der Waals surface area contributed by atoms with Crippen molar-refractivity contribution in [1.82, 2.24) is 20.4 Å². The normalized spacial score (nSPS) is 15.1. The first-order chi connectivity index (χ1) is 15.2. The number of hydrogen-bond donors (Lipinski definition) is 2. The summed E-state index contributed by atoms with van der Waals surface area (Å²) in [5.41, 5.74) is 3.20. The molecule has 3 aromatic rings. The number of aliphatic hydroxyl groups excluding tert-OH is 1. The summed E-state index contributed by atoms with van der Waals surface area (Å²) < 4.78 is 5.25. The largest absolute Gasteiger partial charge is 0.393 e. The lowest BCUT2D eigenvalue weighted by Gasteiger charge is -2.29. The van der Waals surface area contributed by atoms with E-state index < -0.39 is 0 Å². The molecule has 0 bridgehead atoms. The minimum Gasteiger partial charge on any atom is -0.393 e. The average molecular weight is 421 g/mol. The topological polar surface area (TPSA) is 91.5 Å². The second kappa shape index (κ2) is 10.3. The lowest BCUT2D eigenvalue weighted by molar-refractivity contribution is -0.121. The molecule has 1 aliphatic heterocycles. The van der Waals surface area contributed by atoms with E-state index in [1.807, 2.05) is 30.3 Å². The fourth-order valence-corrected chi connectivity index (χ4v) is 3.67. The Kier molecular flexibility index (Phi) is 7.07. The van der Waals surface area contributed by atoms with E-state index in [9.17, 15) is 9.90 Å². The summed E-state index contributed by atoms with van der Waals surface area (Å²) in [6.45, 7) is 3.26. The number of piperidine rings is 1. The smallest absolute Gasteiger partial charge is 0.227 e. The number of carbonyl (C=O) groups excluding carboxylic acids is 1. The highest BCUT2D eigenvalue weighted by atomic mass is 16.5. The number of likely N-dealkylation sites (tertiary alicyclic amines) is 1. The molecule has 0 radical (unpaired) electrons. The van der Waals surface area contributed by atoms with Crippen LogP contribution in [0.2, 0.25) is 0 Å². The molecule has 1 aliphatic rings. The maximum Gasteiger partial charge on any atom is 0.227 e. The van der Waals surface area contributed by atoms with E-state index in [0.29, 0.717) is 31.1 Å². The molecule has 4 rings (SSSR count). The second-order valence-corrected chi connectivity index (χ2v) is 7.98. The van der Waals surface area contributed by atoms with Gasteiger partial charge in [0.2, 0.25) is 17.6 Å². The van der Waals surface area contributed by atoms with Crippen LogP contribution in [0.3, 0.4) is 0 Å². The molecule has 2 aromatic carbocycles. The lowest BCUT2D eigenvalue weighted by atomic mass is 10.1. The van der Waals surface area contributed by atoms with Crippen LogP contribution in [0.5, 0.6) is 0 Å². The highest BCUT2D eigenvalue weighted by Gasteiger charge is 2.16. The van der Waals surface area contributed by atoms with Crippen LogP contribution in [0.4, 0.5) is 0 Å². The number of aromatic nitrogens is 2. The van der Waals surface area contributed by atoms with Gasteiger partial charge in [-0.2, -0.15) is 4.98 Å². The van der Waals surface area contributed by atoms with E-state index in [2.05, 4.69) is 44.6 Å². The van der Waals surface area contributed by atoms with Gasteiger partial charge in [0.25, 0.3) is 0 Å². The molecule has 0 aliphatic carbocycles. The lowest BCUT2D eigenvalue weighted by Crippen LogP contribution is -2.35. The van der Waals surface area contributed by atoms with Gasteiger partial charge in [-0.25, -0.2) is 0 Å². The van der Waals surface area contributed by atoms with Gasteiger partial charge in [-0.3, -0.25) is 9.69 Å². The van der Waals surface area contributed by atoms with Gasteiger partial charge in [0.05, 0.1) is 6.10 Å². The third-order valence-corrected chi connectivity index (χ3v) is 5.54. The molecule has 0 atom stereocenters. The van der Waals surface area contributed by atoms with Crippen LogP contribution in [0, 0.1) is 0 Å². The Morgan fingerprint density at radius 1 is 1.06 bits per heavy atom. The molecule has 7 heteroatoms. The Bertz CT molecular complexity index is 964. The summed E-state index contributed by atoms with van der Waals surface area (Å²) in [5, 5.41) is 16.5. The molecule has 1 saturated heterocycles. The number of amides is 1. The van der Waals surface area contributed by atoms with Gasteiger partial charge in [0.1, 0.15) is 0 Å². The van der Waals surface area contributed by atoms with Crippen molar-refractivity contribution in [1.29, 1.82) is 0 Å². The fraction of sp³-hybridized carbons (Fsp3) is 0.375. The van der Waals surface area contributed by atoms with Crippen LogP contribution < -0.4 is 5.32 Å². The van der Waals surface area contributed by atoms with Crippen LogP contribution in [0.15, 0.2) is 59.1 Å². The molecule has 0 unspecified atom stereocenters. The van der Waals surface area contributed by atoms with Gasteiger partial charge in [-0.05, 0) is 24.0 Å². The van der Waals surface area contributed by atoms with Crippen LogP contribution >= 0.6 is 0 Å². The van der Waals surface area contributed by atoms with Gasteiger partial charge in [0.15, 0.2) is 0 Å². The minimum absolute atomic E-state index is 0.0459. The predicted octanol–water partition coefficient (Wildman–Crippen LogP) is 2.94. The molecule has 2 heterocycles. The van der Waals surface area contributed by atoms with Crippen molar-refractivity contribution in [3.63, 3.8) is 0 Å². The van der Waals surface area contributed by atoms with Crippen molar-refractivity contribution < 1.29 is 14.4 Å². The molecular formula is C24H28N4O3. The van der Waals surface area contributed by atoms with Crippen LogP contribution in [-0.4, -0.2) is 45.2 Å². The Balaban J connectivity index is 1.19. The summed E-state index contributed by atoms with van der Waals surface area (Å²) in [4.78, 5) is 18.9. The molecule has 31 heavy (non-hydrogen) atoms. The third kappa shape index (κ3) is 6.23. The van der Waals surface area contributed by atoms with Crippen LogP contribution in [-0.2, 0) is 24.3 Å². The van der Waals surface area contributed by atoms with Crippen molar-refractivity contribution in [3.05, 3.63) is 71.6 Å². The quantitative estimate of drug-likeness (QED) is 0.582. The summed E-state index contributed by atoms with van der Waals surface area (Å²) in [6, 6.07) is 17.9. The highest BCUT2D eigenvalue weighted by Crippen LogP contribution is 2.16. The van der Waals surface area contributed by atoms with Gasteiger partial charge >= 0.3 is 0 Å². The Morgan fingerprint density at radius 2 is 1.77 bits per heavy atom. The van der Waals surface area contributed by atoms with Crippen LogP contribution in [0.25, 0.3) is 11.4 Å². The van der Waals surface area contributed by atoms with Crippen molar-refractivity contribution in [2.45, 2.75) is 44.9 Å². The van der Waals surface area contributed by atoms with E-state index in [1.54, 1.807) is 0 Å². The first-order valence-electron chi connectivity index (χ1n) is 10.8.